The third kappa shape index (κ3) is 3.69. The number of nitrogens with zero attached hydrogens (tertiary/aromatic N) is 2. The van der Waals surface area contributed by atoms with Crippen molar-refractivity contribution in [1.29, 1.82) is 0 Å². The maximum Gasteiger partial charge on any atom is -0.000654 e. The second kappa shape index (κ2) is 5.71. The molecule has 2 nitrogen and oxygen atoms in total. The quantitative estimate of drug-likeness (QED) is 0.743. The minimum Gasteiger partial charge on any atom is -0.309 e. The standard InChI is InChI=1S/C15H30N2/c1-14-5-6-15(13-14)7-11-17(12-8-15)10-4-9-16(2)3/h14H,4-13H2,1-3H3/t14-/m1/s1. The van der Waals surface area contributed by atoms with Crippen molar-refractivity contribution in [2.24, 2.45) is 11.3 Å². The van der Waals surface area contributed by atoms with Gasteiger partial charge in [0.1, 0.15) is 0 Å². The Morgan fingerprint density at radius 3 is 2.41 bits per heavy atom. The molecule has 0 N–H and O–H groups in total. The van der Waals surface area contributed by atoms with Crippen LogP contribution < -0.4 is 0 Å². The van der Waals surface area contributed by atoms with E-state index >= 15 is 0 Å². The highest BCUT2D eigenvalue weighted by Gasteiger charge is 2.39. The number of piperidine rings is 1. The number of hydrogen-bond donors (Lipinski definition) is 0. The molecular weight excluding hydrogens is 208 g/mol. The lowest BCUT2D eigenvalue weighted by molar-refractivity contribution is 0.103. The molecule has 17 heavy (non-hydrogen) atoms. The molecule has 1 saturated carbocycles. The Labute approximate surface area is 107 Å². The molecule has 1 heterocycles. The SMILES string of the molecule is C[C@@H]1CCC2(CCN(CCCN(C)C)CC2)C1. The molecule has 2 fully saturated rings. The molecule has 0 bridgehead atoms. The lowest BCUT2D eigenvalue weighted by Crippen LogP contribution is -2.40. The topological polar surface area (TPSA) is 6.48 Å². The minimum atomic E-state index is 0.761. The average molecular weight is 238 g/mol. The first-order valence-electron chi connectivity index (χ1n) is 7.47. The zero-order valence-electron chi connectivity index (χ0n) is 12.0. The first-order chi connectivity index (χ1) is 8.10. The monoisotopic (exact) mass is 238 g/mol. The molecule has 1 atom stereocenters. The summed E-state index contributed by atoms with van der Waals surface area (Å²) < 4.78 is 0. The first-order valence-corrected chi connectivity index (χ1v) is 7.47. The van der Waals surface area contributed by atoms with Crippen molar-refractivity contribution in [3.8, 4) is 0 Å². The van der Waals surface area contributed by atoms with Gasteiger partial charge < -0.3 is 9.80 Å². The van der Waals surface area contributed by atoms with Crippen molar-refractivity contribution in [2.45, 2.75) is 45.4 Å². The van der Waals surface area contributed by atoms with Crippen LogP contribution in [0.5, 0.6) is 0 Å². The van der Waals surface area contributed by atoms with Crippen LogP contribution in [-0.2, 0) is 0 Å². The molecule has 2 heteroatoms. The Hall–Kier alpha value is -0.0800. The Kier molecular flexibility index (Phi) is 4.48. The van der Waals surface area contributed by atoms with Gasteiger partial charge in [-0.2, -0.15) is 0 Å². The molecule has 1 spiro atoms. The van der Waals surface area contributed by atoms with Gasteiger partial charge in [-0.1, -0.05) is 13.3 Å². The van der Waals surface area contributed by atoms with Crippen molar-refractivity contribution >= 4 is 0 Å². The van der Waals surface area contributed by atoms with Gasteiger partial charge in [-0.25, -0.2) is 0 Å². The van der Waals surface area contributed by atoms with E-state index in [4.69, 9.17) is 0 Å². The maximum atomic E-state index is 2.69. The summed E-state index contributed by atoms with van der Waals surface area (Å²) in [5.41, 5.74) is 0.761. The van der Waals surface area contributed by atoms with Gasteiger partial charge in [-0.15, -0.1) is 0 Å². The third-order valence-corrected chi connectivity index (χ3v) is 4.95. The van der Waals surface area contributed by atoms with Crippen molar-refractivity contribution < 1.29 is 0 Å². The third-order valence-electron chi connectivity index (χ3n) is 4.95. The predicted octanol–water partition coefficient (Wildman–Crippen LogP) is 2.84. The summed E-state index contributed by atoms with van der Waals surface area (Å²) in [4.78, 5) is 4.99. The highest BCUT2D eigenvalue weighted by Crippen LogP contribution is 2.48. The minimum absolute atomic E-state index is 0.761. The summed E-state index contributed by atoms with van der Waals surface area (Å²) in [6, 6.07) is 0. The molecule has 0 amide bonds. The number of hydrogen-bond acceptors (Lipinski definition) is 2. The zero-order valence-corrected chi connectivity index (χ0v) is 12.0. The fraction of sp³-hybridized carbons (Fsp3) is 1.00. The molecule has 0 unspecified atom stereocenters. The van der Waals surface area contributed by atoms with E-state index in [1.807, 2.05) is 0 Å². The van der Waals surface area contributed by atoms with Crippen LogP contribution in [0.3, 0.4) is 0 Å². The molecule has 0 aromatic rings. The van der Waals surface area contributed by atoms with Gasteiger partial charge in [0, 0.05) is 0 Å². The fourth-order valence-electron chi connectivity index (χ4n) is 3.81. The molecule has 1 aliphatic carbocycles. The second-order valence-corrected chi connectivity index (χ2v) is 6.85. The smallest absolute Gasteiger partial charge is 0.000654 e. The Bertz CT molecular complexity index is 229. The van der Waals surface area contributed by atoms with Gasteiger partial charge in [0.05, 0.1) is 0 Å². The van der Waals surface area contributed by atoms with Crippen molar-refractivity contribution in [3.05, 3.63) is 0 Å². The van der Waals surface area contributed by atoms with E-state index in [0.717, 1.165) is 11.3 Å². The molecule has 1 saturated heterocycles. The van der Waals surface area contributed by atoms with Crippen LogP contribution in [0.4, 0.5) is 0 Å². The number of likely N-dealkylation sites (tertiary alicyclic amines) is 1. The Balaban J connectivity index is 1.67. The Morgan fingerprint density at radius 1 is 1.18 bits per heavy atom. The highest BCUT2D eigenvalue weighted by atomic mass is 15.1. The van der Waals surface area contributed by atoms with Gasteiger partial charge in [0.15, 0.2) is 0 Å². The summed E-state index contributed by atoms with van der Waals surface area (Å²) >= 11 is 0. The lowest BCUT2D eigenvalue weighted by atomic mass is 9.76. The lowest BCUT2D eigenvalue weighted by Gasteiger charge is -2.39. The van der Waals surface area contributed by atoms with E-state index in [-0.39, 0.29) is 0 Å². The van der Waals surface area contributed by atoms with Crippen LogP contribution in [0, 0.1) is 11.3 Å². The van der Waals surface area contributed by atoms with E-state index in [1.165, 1.54) is 64.7 Å². The number of rotatable bonds is 4. The van der Waals surface area contributed by atoms with E-state index in [0.29, 0.717) is 0 Å². The predicted molar refractivity (Wildman–Crippen MR) is 74.3 cm³/mol. The summed E-state index contributed by atoms with van der Waals surface area (Å²) in [6.45, 7) is 7.71. The molecule has 2 rings (SSSR count). The molecule has 0 radical (unpaired) electrons. The zero-order chi connectivity index (χ0) is 12.3. The second-order valence-electron chi connectivity index (χ2n) is 6.85. The van der Waals surface area contributed by atoms with Crippen molar-refractivity contribution in [3.63, 3.8) is 0 Å². The largest absolute Gasteiger partial charge is 0.309 e. The first kappa shape index (κ1) is 13.4. The van der Waals surface area contributed by atoms with Crippen LogP contribution in [0.2, 0.25) is 0 Å². The Morgan fingerprint density at radius 2 is 1.88 bits per heavy atom. The van der Waals surface area contributed by atoms with Gasteiger partial charge in [-0.3, -0.25) is 0 Å². The van der Waals surface area contributed by atoms with Gasteiger partial charge >= 0.3 is 0 Å². The molecular formula is C15H30N2. The summed E-state index contributed by atoms with van der Waals surface area (Å²) in [5, 5.41) is 0. The summed E-state index contributed by atoms with van der Waals surface area (Å²) in [7, 11) is 4.34. The van der Waals surface area contributed by atoms with Crippen LogP contribution in [0.25, 0.3) is 0 Å². The summed E-state index contributed by atoms with van der Waals surface area (Å²) in [5.74, 6) is 0.996. The van der Waals surface area contributed by atoms with Crippen LogP contribution in [0.1, 0.15) is 45.4 Å². The van der Waals surface area contributed by atoms with Crippen molar-refractivity contribution in [2.75, 3.05) is 40.3 Å². The molecule has 0 aromatic heterocycles. The van der Waals surface area contributed by atoms with Crippen LogP contribution in [0.15, 0.2) is 0 Å². The fourth-order valence-corrected chi connectivity index (χ4v) is 3.81. The van der Waals surface area contributed by atoms with E-state index in [1.54, 1.807) is 0 Å². The van der Waals surface area contributed by atoms with Gasteiger partial charge in [0.2, 0.25) is 0 Å². The van der Waals surface area contributed by atoms with Gasteiger partial charge in [-0.05, 0) is 83.7 Å². The van der Waals surface area contributed by atoms with Gasteiger partial charge in [0.25, 0.3) is 0 Å². The molecule has 2 aliphatic rings. The van der Waals surface area contributed by atoms with Crippen LogP contribution >= 0.6 is 0 Å². The van der Waals surface area contributed by atoms with Crippen LogP contribution in [-0.4, -0.2) is 50.1 Å². The molecule has 100 valence electrons. The normalized spacial score (nSPS) is 29.3. The highest BCUT2D eigenvalue weighted by molar-refractivity contribution is 4.91. The summed E-state index contributed by atoms with van der Waals surface area (Å²) in [6.07, 6.45) is 8.79. The van der Waals surface area contributed by atoms with Crippen molar-refractivity contribution in [1.82, 2.24) is 9.80 Å². The average Bonchev–Trinajstić information content (AvgIpc) is 2.63. The van der Waals surface area contributed by atoms with E-state index in [2.05, 4.69) is 30.8 Å². The molecule has 1 aliphatic heterocycles. The molecule has 0 aromatic carbocycles. The van der Waals surface area contributed by atoms with E-state index < -0.39 is 0 Å². The maximum absolute atomic E-state index is 2.69. The van der Waals surface area contributed by atoms with E-state index in [9.17, 15) is 0 Å².